The molecule has 0 aliphatic carbocycles. The van der Waals surface area contributed by atoms with Crippen LogP contribution >= 0.6 is 0 Å². The highest BCUT2D eigenvalue weighted by Gasteiger charge is 2.34. The fourth-order valence-electron chi connectivity index (χ4n) is 1.99. The Morgan fingerprint density at radius 1 is 1.00 bits per heavy atom. The Hall–Kier alpha value is -1.88. The summed E-state index contributed by atoms with van der Waals surface area (Å²) in [6.07, 6.45) is -4.48. The van der Waals surface area contributed by atoms with Crippen LogP contribution in [0.25, 0.3) is 0 Å². The van der Waals surface area contributed by atoms with Crippen molar-refractivity contribution in [2.24, 2.45) is 5.73 Å². The second-order valence-electron chi connectivity index (χ2n) is 4.53. The summed E-state index contributed by atoms with van der Waals surface area (Å²) in [5, 5.41) is 0. The van der Waals surface area contributed by atoms with Gasteiger partial charge in [-0.2, -0.15) is 13.2 Å². The van der Waals surface area contributed by atoms with Gasteiger partial charge in [0.15, 0.2) is 0 Å². The summed E-state index contributed by atoms with van der Waals surface area (Å²) in [5.41, 5.74) is 5.88. The first-order valence-electron chi connectivity index (χ1n) is 6.04. The number of nitrogens with two attached hydrogens (primary N) is 1. The molecular weight excluding hydrogens is 270 g/mol. The minimum Gasteiger partial charge on any atom is -0.324 e. The van der Waals surface area contributed by atoms with Crippen molar-refractivity contribution in [2.45, 2.75) is 18.6 Å². The molecule has 5 heteroatoms. The van der Waals surface area contributed by atoms with Crippen LogP contribution < -0.4 is 5.73 Å². The van der Waals surface area contributed by atoms with Gasteiger partial charge in [0.2, 0.25) is 0 Å². The lowest BCUT2D eigenvalue weighted by Crippen LogP contribution is -2.14. The molecule has 1 atom stereocenters. The molecule has 2 aromatic rings. The van der Waals surface area contributed by atoms with Crippen molar-refractivity contribution >= 4 is 0 Å². The normalized spacial score (nSPS) is 13.2. The summed E-state index contributed by atoms with van der Waals surface area (Å²) in [6, 6.07) is 11.6. The Bertz CT molecular complexity index is 578. The van der Waals surface area contributed by atoms with Crippen LogP contribution in [0.4, 0.5) is 17.6 Å². The molecule has 2 rings (SSSR count). The molecule has 1 unspecified atom stereocenters. The van der Waals surface area contributed by atoms with Gasteiger partial charge in [0, 0.05) is 6.04 Å². The molecule has 20 heavy (non-hydrogen) atoms. The zero-order valence-corrected chi connectivity index (χ0v) is 10.5. The molecule has 0 aliphatic heterocycles. The Morgan fingerprint density at radius 2 is 1.65 bits per heavy atom. The van der Waals surface area contributed by atoms with Gasteiger partial charge in [0.05, 0.1) is 5.56 Å². The quantitative estimate of drug-likeness (QED) is 0.844. The van der Waals surface area contributed by atoms with Crippen LogP contribution in [0.5, 0.6) is 0 Å². The molecule has 2 aromatic carbocycles. The summed E-state index contributed by atoms with van der Waals surface area (Å²) in [4.78, 5) is 0. The van der Waals surface area contributed by atoms with Crippen molar-refractivity contribution in [3.05, 3.63) is 71.0 Å². The molecule has 0 aromatic heterocycles. The predicted molar refractivity (Wildman–Crippen MR) is 68.5 cm³/mol. The van der Waals surface area contributed by atoms with E-state index in [0.717, 1.165) is 17.7 Å². The van der Waals surface area contributed by atoms with Crippen molar-refractivity contribution in [3.8, 4) is 0 Å². The molecule has 1 nitrogen and oxygen atoms in total. The van der Waals surface area contributed by atoms with E-state index in [-0.39, 0.29) is 6.42 Å². The average Bonchev–Trinajstić information content (AvgIpc) is 2.40. The molecule has 0 bridgehead atoms. The minimum absolute atomic E-state index is 0.216. The fraction of sp³-hybridized carbons (Fsp3) is 0.200. The smallest absolute Gasteiger partial charge is 0.324 e. The van der Waals surface area contributed by atoms with Crippen molar-refractivity contribution in [1.29, 1.82) is 0 Å². The van der Waals surface area contributed by atoms with Gasteiger partial charge in [-0.15, -0.1) is 0 Å². The summed E-state index contributed by atoms with van der Waals surface area (Å²) in [5.74, 6) is -1.27. The average molecular weight is 283 g/mol. The van der Waals surface area contributed by atoms with Crippen LogP contribution in [0.3, 0.4) is 0 Å². The summed E-state index contributed by atoms with van der Waals surface area (Å²) >= 11 is 0. The van der Waals surface area contributed by atoms with Gasteiger partial charge in [-0.3, -0.25) is 0 Å². The SMILES string of the molecule is NC(Cc1ccc(F)c(C(F)(F)F)c1)c1ccccc1. The van der Waals surface area contributed by atoms with Crippen LogP contribution in [-0.2, 0) is 12.6 Å². The van der Waals surface area contributed by atoms with E-state index in [4.69, 9.17) is 5.73 Å². The van der Waals surface area contributed by atoms with Gasteiger partial charge in [0.25, 0.3) is 0 Å². The Kier molecular flexibility index (Phi) is 4.09. The van der Waals surface area contributed by atoms with E-state index in [1.165, 1.54) is 6.07 Å². The van der Waals surface area contributed by atoms with E-state index < -0.39 is 23.6 Å². The molecule has 0 saturated carbocycles. The lowest BCUT2D eigenvalue weighted by Gasteiger charge is -2.14. The van der Waals surface area contributed by atoms with E-state index in [0.29, 0.717) is 5.56 Å². The number of hydrogen-bond donors (Lipinski definition) is 1. The molecule has 106 valence electrons. The number of hydrogen-bond acceptors (Lipinski definition) is 1. The second kappa shape index (κ2) is 5.63. The standard InChI is InChI=1S/C15H13F4N/c16-13-7-6-10(8-12(13)15(17,18)19)9-14(20)11-4-2-1-3-5-11/h1-8,14H,9,20H2. The predicted octanol–water partition coefficient (Wildman–Crippen LogP) is 4.09. The molecule has 0 radical (unpaired) electrons. The molecule has 0 fully saturated rings. The van der Waals surface area contributed by atoms with E-state index >= 15 is 0 Å². The van der Waals surface area contributed by atoms with E-state index in [1.807, 2.05) is 6.07 Å². The number of alkyl halides is 3. The van der Waals surface area contributed by atoms with Gasteiger partial charge in [-0.1, -0.05) is 36.4 Å². The highest BCUT2D eigenvalue weighted by atomic mass is 19.4. The second-order valence-corrected chi connectivity index (χ2v) is 4.53. The zero-order chi connectivity index (χ0) is 14.8. The van der Waals surface area contributed by atoms with Crippen LogP contribution in [0.15, 0.2) is 48.5 Å². The first-order valence-corrected chi connectivity index (χ1v) is 6.04. The van der Waals surface area contributed by atoms with Gasteiger partial charge in [0.1, 0.15) is 5.82 Å². The van der Waals surface area contributed by atoms with Crippen molar-refractivity contribution < 1.29 is 17.6 Å². The lowest BCUT2D eigenvalue weighted by molar-refractivity contribution is -0.140. The molecule has 2 N–H and O–H groups in total. The minimum atomic E-state index is -4.70. The topological polar surface area (TPSA) is 26.0 Å². The molecule has 0 saturated heterocycles. The third-order valence-corrected chi connectivity index (χ3v) is 3.02. The van der Waals surface area contributed by atoms with Crippen LogP contribution in [0.1, 0.15) is 22.7 Å². The molecule has 0 aliphatic rings. The maximum Gasteiger partial charge on any atom is 0.419 e. The first-order chi connectivity index (χ1) is 9.38. The van der Waals surface area contributed by atoms with Crippen LogP contribution in [0, 0.1) is 5.82 Å². The Balaban J connectivity index is 2.22. The van der Waals surface area contributed by atoms with Crippen LogP contribution in [0.2, 0.25) is 0 Å². The Morgan fingerprint density at radius 3 is 2.25 bits per heavy atom. The van der Waals surface area contributed by atoms with Crippen LogP contribution in [-0.4, -0.2) is 0 Å². The number of rotatable bonds is 3. The van der Waals surface area contributed by atoms with Crippen molar-refractivity contribution in [1.82, 2.24) is 0 Å². The summed E-state index contributed by atoms with van der Waals surface area (Å²) in [6.45, 7) is 0. The molecule has 0 amide bonds. The van der Waals surface area contributed by atoms with E-state index in [9.17, 15) is 17.6 Å². The Labute approximate surface area is 114 Å². The number of halogens is 4. The lowest BCUT2D eigenvalue weighted by atomic mass is 9.98. The van der Waals surface area contributed by atoms with Gasteiger partial charge >= 0.3 is 6.18 Å². The third-order valence-electron chi connectivity index (χ3n) is 3.02. The maximum absolute atomic E-state index is 13.2. The van der Waals surface area contributed by atoms with Gasteiger partial charge < -0.3 is 5.73 Å². The highest BCUT2D eigenvalue weighted by Crippen LogP contribution is 2.32. The highest BCUT2D eigenvalue weighted by molar-refractivity contribution is 5.29. The van der Waals surface area contributed by atoms with E-state index in [1.54, 1.807) is 24.3 Å². The largest absolute Gasteiger partial charge is 0.419 e. The molecule has 0 spiro atoms. The number of benzene rings is 2. The van der Waals surface area contributed by atoms with Gasteiger partial charge in [-0.05, 0) is 29.7 Å². The zero-order valence-electron chi connectivity index (χ0n) is 10.5. The summed E-state index contributed by atoms with van der Waals surface area (Å²) < 4.78 is 51.0. The molecule has 0 heterocycles. The fourth-order valence-corrected chi connectivity index (χ4v) is 1.99. The van der Waals surface area contributed by atoms with Gasteiger partial charge in [-0.25, -0.2) is 4.39 Å². The first kappa shape index (κ1) is 14.5. The van der Waals surface area contributed by atoms with Crippen molar-refractivity contribution in [3.63, 3.8) is 0 Å². The third kappa shape index (κ3) is 3.36. The molecular formula is C15H13F4N. The summed E-state index contributed by atoms with van der Waals surface area (Å²) in [7, 11) is 0. The van der Waals surface area contributed by atoms with E-state index in [2.05, 4.69) is 0 Å². The maximum atomic E-state index is 13.2. The monoisotopic (exact) mass is 283 g/mol. The van der Waals surface area contributed by atoms with Crippen molar-refractivity contribution in [2.75, 3.05) is 0 Å².